The van der Waals surface area contributed by atoms with Gasteiger partial charge in [-0.1, -0.05) is 0 Å². The minimum atomic E-state index is -1.95. The Morgan fingerprint density at radius 1 is 0.688 bits per heavy atom. The van der Waals surface area contributed by atoms with Crippen LogP contribution < -0.4 is 0 Å². The van der Waals surface area contributed by atoms with Crippen LogP contribution in [0.3, 0.4) is 0 Å². The summed E-state index contributed by atoms with van der Waals surface area (Å²) in [5.41, 5.74) is 1.68. The summed E-state index contributed by atoms with van der Waals surface area (Å²) < 4.78 is 0. The van der Waals surface area contributed by atoms with Gasteiger partial charge in [-0.05, 0) is 0 Å². The van der Waals surface area contributed by atoms with Gasteiger partial charge < -0.3 is 0 Å². The van der Waals surface area contributed by atoms with Gasteiger partial charge in [-0.2, -0.15) is 0 Å². The first kappa shape index (κ1) is 14.1. The third-order valence-electron chi connectivity index (χ3n) is 4.31. The Morgan fingerprint density at radius 3 is 1.38 bits per heavy atom. The summed E-state index contributed by atoms with van der Waals surface area (Å²) in [6, 6.07) is 0. The van der Waals surface area contributed by atoms with Gasteiger partial charge in [0.2, 0.25) is 0 Å². The molecule has 0 nitrogen and oxygen atoms in total. The summed E-state index contributed by atoms with van der Waals surface area (Å²) >= 11 is -1.95. The van der Waals surface area contributed by atoms with Crippen LogP contribution in [0, 0.1) is 0 Å². The molecule has 0 saturated heterocycles. The molecule has 0 spiro atoms. The molecule has 0 radical (unpaired) electrons. The fourth-order valence-corrected chi connectivity index (χ4v) is 26.6. The van der Waals surface area contributed by atoms with Crippen molar-refractivity contribution in [3.63, 3.8) is 0 Å². The topological polar surface area (TPSA) is 0 Å². The van der Waals surface area contributed by atoms with Gasteiger partial charge in [0.05, 0.1) is 0 Å². The van der Waals surface area contributed by atoms with Crippen molar-refractivity contribution >= 4 is 22.5 Å². The van der Waals surface area contributed by atoms with Gasteiger partial charge in [0.25, 0.3) is 0 Å². The first-order valence-corrected chi connectivity index (χ1v) is 18.5. The van der Waals surface area contributed by atoms with E-state index in [4.69, 9.17) is 17.0 Å². The van der Waals surface area contributed by atoms with Crippen LogP contribution in [0.2, 0.25) is 11.1 Å². The molecule has 0 aromatic carbocycles. The molecule has 2 rings (SSSR count). The molecule has 2 aliphatic carbocycles. The van der Waals surface area contributed by atoms with Crippen LogP contribution >= 0.6 is 17.0 Å². The second-order valence-electron chi connectivity index (χ2n) is 5.39. The molecule has 92 valence electrons. The van der Waals surface area contributed by atoms with Crippen LogP contribution in [-0.2, 0) is 18.0 Å². The molecular weight excluding hydrogens is 334 g/mol. The van der Waals surface area contributed by atoms with Gasteiger partial charge in [-0.15, -0.1) is 0 Å². The Hall–Kier alpha value is 1.68. The van der Waals surface area contributed by atoms with E-state index in [0.29, 0.717) is 0 Å². The summed E-state index contributed by atoms with van der Waals surface area (Å²) in [5.74, 6) is 0. The van der Waals surface area contributed by atoms with E-state index in [-0.39, 0.29) is 5.43 Å². The Morgan fingerprint density at radius 2 is 1.06 bits per heavy atom. The van der Waals surface area contributed by atoms with Crippen molar-refractivity contribution in [3.05, 3.63) is 0 Å². The molecule has 2 saturated carbocycles. The number of hydrogen-bond acceptors (Lipinski definition) is 0. The van der Waals surface area contributed by atoms with Crippen molar-refractivity contribution in [3.8, 4) is 0 Å². The molecule has 0 bridgehead atoms. The molecule has 0 atom stereocenters. The standard InChI is InChI=1S/C12H22Si.2ClH.Zr/c1-3-7-11(8-4-1)13-12-9-5-2-6-10-12;;;/h11-12H,1-10H2;2*1H;/q;;;+2/p-2. The third-order valence-corrected chi connectivity index (χ3v) is 24.6. The van der Waals surface area contributed by atoms with E-state index in [1.54, 1.807) is 0 Å². The van der Waals surface area contributed by atoms with E-state index in [0.717, 1.165) is 11.1 Å². The van der Waals surface area contributed by atoms with Crippen LogP contribution in [0.25, 0.3) is 0 Å². The zero-order chi connectivity index (χ0) is 11.4. The molecule has 2 fully saturated rings. The molecule has 0 unspecified atom stereocenters. The van der Waals surface area contributed by atoms with Crippen LogP contribution in [0.4, 0.5) is 0 Å². The first-order valence-electron chi connectivity index (χ1n) is 6.84. The molecular formula is C12H22Cl2SiZr. The molecule has 0 aromatic rings. The van der Waals surface area contributed by atoms with Gasteiger partial charge in [0.1, 0.15) is 0 Å². The first-order chi connectivity index (χ1) is 7.79. The molecule has 2 aliphatic rings. The van der Waals surface area contributed by atoms with Crippen molar-refractivity contribution in [2.24, 2.45) is 0 Å². The summed E-state index contributed by atoms with van der Waals surface area (Å²) in [6.45, 7) is 0. The predicted octanol–water partition coefficient (Wildman–Crippen LogP) is 5.57. The summed E-state index contributed by atoms with van der Waals surface area (Å²) in [4.78, 5) is 0. The number of rotatable bonds is 2. The second kappa shape index (κ2) is 7.31. The van der Waals surface area contributed by atoms with E-state index in [9.17, 15) is 0 Å². The zero-order valence-electron chi connectivity index (χ0n) is 9.98. The van der Waals surface area contributed by atoms with E-state index >= 15 is 0 Å². The van der Waals surface area contributed by atoms with Gasteiger partial charge in [-0.25, -0.2) is 0 Å². The van der Waals surface area contributed by atoms with E-state index in [1.807, 2.05) is 0 Å². The monoisotopic (exact) mass is 354 g/mol. The maximum absolute atomic E-state index is 6.52. The second-order valence-corrected chi connectivity index (χ2v) is 25.8. The van der Waals surface area contributed by atoms with Gasteiger partial charge in [-0.3, -0.25) is 0 Å². The van der Waals surface area contributed by atoms with Gasteiger partial charge in [0.15, 0.2) is 0 Å². The molecule has 0 N–H and O–H groups in total. The van der Waals surface area contributed by atoms with Crippen LogP contribution in [0.5, 0.6) is 0 Å². The molecule has 4 heteroatoms. The van der Waals surface area contributed by atoms with Crippen molar-refractivity contribution in [1.82, 2.24) is 0 Å². The predicted molar refractivity (Wildman–Crippen MR) is 71.1 cm³/mol. The fourth-order valence-electron chi connectivity index (χ4n) is 3.47. The number of hydrogen-bond donors (Lipinski definition) is 0. The maximum atomic E-state index is 6.52. The van der Waals surface area contributed by atoms with Gasteiger partial charge >= 0.3 is 116 Å². The summed E-state index contributed by atoms with van der Waals surface area (Å²) in [6.07, 6.45) is 14.6. The zero-order valence-corrected chi connectivity index (χ0v) is 15.0. The Labute approximate surface area is 115 Å². The van der Waals surface area contributed by atoms with Crippen LogP contribution in [-0.4, -0.2) is 5.43 Å². The van der Waals surface area contributed by atoms with E-state index < -0.39 is 18.0 Å². The molecule has 0 aliphatic heterocycles. The fraction of sp³-hybridized carbons (Fsp3) is 1.00. The average Bonchev–Trinajstić information content (AvgIpc) is 2.31. The summed E-state index contributed by atoms with van der Waals surface area (Å²) in [5, 5.41) is 0. The quantitative estimate of drug-likeness (QED) is 0.567. The molecule has 0 aromatic heterocycles. The van der Waals surface area contributed by atoms with Gasteiger partial charge in [0, 0.05) is 0 Å². The minimum absolute atomic E-state index is 0.335. The van der Waals surface area contributed by atoms with Crippen LogP contribution in [0.15, 0.2) is 0 Å². The van der Waals surface area contributed by atoms with Crippen molar-refractivity contribution in [2.75, 3.05) is 0 Å². The average molecular weight is 357 g/mol. The van der Waals surface area contributed by atoms with E-state index in [2.05, 4.69) is 0 Å². The molecule has 0 heterocycles. The van der Waals surface area contributed by atoms with Crippen molar-refractivity contribution < 1.29 is 18.0 Å². The normalized spacial score (nSPS) is 24.4. The van der Waals surface area contributed by atoms with Crippen molar-refractivity contribution in [2.45, 2.75) is 75.3 Å². The SMILES string of the molecule is [Cl][Zr]([Cl])=[Si](C1CCCCC1)C1CCCCC1. The number of halogens is 2. The van der Waals surface area contributed by atoms with Crippen LogP contribution in [0.1, 0.15) is 64.2 Å². The molecule has 0 amide bonds. The summed E-state index contributed by atoms with van der Waals surface area (Å²) in [7, 11) is 13.0. The Balaban J connectivity index is 2.06. The molecule has 16 heavy (non-hydrogen) atoms. The van der Waals surface area contributed by atoms with Crippen molar-refractivity contribution in [1.29, 1.82) is 0 Å². The Bertz CT molecular complexity index is 232. The van der Waals surface area contributed by atoms with E-state index in [1.165, 1.54) is 64.2 Å². The third kappa shape index (κ3) is 3.84. The Kier molecular flexibility index (Phi) is 6.44.